The lowest BCUT2D eigenvalue weighted by Crippen LogP contribution is -2.35. The van der Waals surface area contributed by atoms with Gasteiger partial charge in [0.05, 0.1) is 17.4 Å². The highest BCUT2D eigenvalue weighted by Gasteiger charge is 2.20. The fraction of sp³-hybridized carbons (Fsp3) is 0.238. The van der Waals surface area contributed by atoms with Crippen LogP contribution in [0, 0.1) is 0 Å². The number of ether oxygens (including phenoxy) is 1. The number of nitrogens with one attached hydrogen (secondary N) is 1. The van der Waals surface area contributed by atoms with Crippen LogP contribution in [-0.2, 0) is 4.74 Å². The van der Waals surface area contributed by atoms with E-state index in [1.807, 2.05) is 0 Å². The Kier molecular flexibility index (Phi) is 5.36. The van der Waals surface area contributed by atoms with Crippen molar-refractivity contribution in [2.75, 3.05) is 12.3 Å². The summed E-state index contributed by atoms with van der Waals surface area (Å²) in [6, 6.07) is 12.2. The van der Waals surface area contributed by atoms with Gasteiger partial charge in [-0.05, 0) is 32.9 Å². The summed E-state index contributed by atoms with van der Waals surface area (Å²) in [5, 5.41) is 2.54. The summed E-state index contributed by atoms with van der Waals surface area (Å²) in [5.41, 5.74) is 6.64. The van der Waals surface area contributed by atoms with Gasteiger partial charge < -0.3 is 20.2 Å². The largest absolute Gasteiger partial charge is 0.444 e. The summed E-state index contributed by atoms with van der Waals surface area (Å²) in [6.45, 7) is 4.70. The first-order valence-electron chi connectivity index (χ1n) is 8.94. The lowest BCUT2D eigenvalue weighted by atomic mass is 10.00. The van der Waals surface area contributed by atoms with Gasteiger partial charge in [0.2, 0.25) is 5.78 Å². The number of carbonyl (C=O) groups is 2. The minimum Gasteiger partial charge on any atom is -0.444 e. The van der Waals surface area contributed by atoms with E-state index in [0.717, 1.165) is 0 Å². The number of carbonyl (C=O) groups excluding carboxylic acids is 2. The van der Waals surface area contributed by atoms with Crippen molar-refractivity contribution in [1.29, 1.82) is 0 Å². The van der Waals surface area contributed by atoms with Gasteiger partial charge in [-0.1, -0.05) is 30.3 Å². The molecule has 1 amide bonds. The number of nitrogen functional groups attached to an aromatic ring is 1. The van der Waals surface area contributed by atoms with Crippen LogP contribution >= 0.6 is 0 Å². The molecule has 150 valence electrons. The number of hydrogen-bond donors (Lipinski definition) is 2. The maximum absolute atomic E-state index is 12.6. The SMILES string of the molecule is CC(C)(C)OC(=O)NCC(=O)c1nc2cccc(-c3ccccc3N)c2c(=O)o1. The highest BCUT2D eigenvalue weighted by molar-refractivity contribution is 6.00. The minimum absolute atomic E-state index is 0.224. The molecule has 0 bridgehead atoms. The number of amides is 1. The molecule has 0 aliphatic heterocycles. The number of hydrogen-bond acceptors (Lipinski definition) is 7. The van der Waals surface area contributed by atoms with Crippen LogP contribution in [-0.4, -0.2) is 29.0 Å². The average molecular weight is 395 g/mol. The molecule has 3 N–H and O–H groups in total. The number of Topliss-reactive ketones (excluding diaryl/α,β-unsaturated/α-hetero) is 1. The second-order valence-electron chi connectivity index (χ2n) is 7.37. The second-order valence-corrected chi connectivity index (χ2v) is 7.37. The Hall–Kier alpha value is -3.68. The van der Waals surface area contributed by atoms with Crippen molar-refractivity contribution in [3.8, 4) is 11.1 Å². The Labute approximate surface area is 166 Å². The molecular formula is C21H21N3O5. The Morgan fingerprint density at radius 2 is 1.79 bits per heavy atom. The minimum atomic E-state index is -0.754. The standard InChI is InChI=1S/C21H21N3O5/c1-21(2,3)29-20(27)23-11-16(25)18-24-15-10-6-8-13(17(15)19(26)28-18)12-7-4-5-9-14(12)22/h4-10H,11,22H2,1-3H3,(H,23,27). The van der Waals surface area contributed by atoms with E-state index in [1.165, 1.54) is 0 Å². The van der Waals surface area contributed by atoms with Crippen molar-refractivity contribution >= 4 is 28.5 Å². The monoisotopic (exact) mass is 395 g/mol. The van der Waals surface area contributed by atoms with Crippen LogP contribution in [0.4, 0.5) is 10.5 Å². The van der Waals surface area contributed by atoms with Crippen molar-refractivity contribution in [2.45, 2.75) is 26.4 Å². The molecule has 0 saturated carbocycles. The number of aromatic nitrogens is 1. The molecule has 3 rings (SSSR count). The summed E-state index contributed by atoms with van der Waals surface area (Å²) in [6.07, 6.45) is -0.754. The van der Waals surface area contributed by atoms with E-state index in [4.69, 9.17) is 14.9 Å². The third-order valence-corrected chi connectivity index (χ3v) is 3.94. The van der Waals surface area contributed by atoms with Crippen LogP contribution in [0.1, 0.15) is 31.5 Å². The third kappa shape index (κ3) is 4.60. The number of benzene rings is 2. The molecule has 0 radical (unpaired) electrons. The lowest BCUT2D eigenvalue weighted by Gasteiger charge is -2.19. The van der Waals surface area contributed by atoms with Gasteiger partial charge >= 0.3 is 11.7 Å². The summed E-state index contributed by atoms with van der Waals surface area (Å²) < 4.78 is 10.2. The molecule has 0 unspecified atom stereocenters. The van der Waals surface area contributed by atoms with E-state index >= 15 is 0 Å². The quantitative estimate of drug-likeness (QED) is 0.513. The van der Waals surface area contributed by atoms with Gasteiger partial charge in [0.25, 0.3) is 5.89 Å². The highest BCUT2D eigenvalue weighted by Crippen LogP contribution is 2.30. The number of anilines is 1. The van der Waals surface area contributed by atoms with Crippen molar-refractivity contribution in [1.82, 2.24) is 10.3 Å². The highest BCUT2D eigenvalue weighted by atomic mass is 16.6. The normalized spacial score (nSPS) is 11.3. The number of para-hydroxylation sites is 1. The van der Waals surface area contributed by atoms with Crippen LogP contribution in [0.2, 0.25) is 0 Å². The van der Waals surface area contributed by atoms with E-state index < -0.39 is 35.5 Å². The molecule has 0 fully saturated rings. The Bertz CT molecular complexity index is 1140. The fourth-order valence-corrected chi connectivity index (χ4v) is 2.75. The van der Waals surface area contributed by atoms with Gasteiger partial charge in [0.15, 0.2) is 0 Å². The number of ketones is 1. The number of nitrogens with two attached hydrogens (primary N) is 1. The first kappa shape index (κ1) is 20.1. The summed E-state index contributed by atoms with van der Waals surface area (Å²) >= 11 is 0. The molecule has 1 heterocycles. The molecule has 0 aliphatic carbocycles. The Morgan fingerprint density at radius 3 is 2.48 bits per heavy atom. The first-order chi connectivity index (χ1) is 13.7. The van der Waals surface area contributed by atoms with Crippen molar-refractivity contribution in [3.05, 3.63) is 58.8 Å². The second kappa shape index (κ2) is 7.75. The summed E-state index contributed by atoms with van der Waals surface area (Å²) in [7, 11) is 0. The lowest BCUT2D eigenvalue weighted by molar-refractivity contribution is 0.0518. The van der Waals surface area contributed by atoms with E-state index in [-0.39, 0.29) is 5.39 Å². The van der Waals surface area contributed by atoms with Gasteiger partial charge in [0, 0.05) is 16.8 Å². The molecule has 8 nitrogen and oxygen atoms in total. The molecule has 29 heavy (non-hydrogen) atoms. The Balaban J connectivity index is 1.91. The van der Waals surface area contributed by atoms with E-state index in [2.05, 4.69) is 10.3 Å². The van der Waals surface area contributed by atoms with Crippen LogP contribution in [0.5, 0.6) is 0 Å². The number of alkyl carbamates (subject to hydrolysis) is 1. The van der Waals surface area contributed by atoms with Gasteiger partial charge in [-0.2, -0.15) is 0 Å². The number of fused-ring (bicyclic) bond motifs is 1. The summed E-state index contributed by atoms with van der Waals surface area (Å²) in [4.78, 5) is 40.8. The summed E-state index contributed by atoms with van der Waals surface area (Å²) in [5.74, 6) is -1.05. The number of nitrogens with zero attached hydrogens (tertiary/aromatic N) is 1. The topological polar surface area (TPSA) is 125 Å². The van der Waals surface area contributed by atoms with Gasteiger partial charge in [0.1, 0.15) is 5.60 Å². The maximum Gasteiger partial charge on any atom is 0.408 e. The third-order valence-electron chi connectivity index (χ3n) is 3.94. The van der Waals surface area contributed by atoms with Crippen LogP contribution in [0.15, 0.2) is 51.7 Å². The molecule has 2 aromatic carbocycles. The van der Waals surface area contributed by atoms with Crippen LogP contribution in [0.25, 0.3) is 22.0 Å². The molecule has 8 heteroatoms. The molecular weight excluding hydrogens is 374 g/mol. The molecule has 0 aliphatic rings. The predicted octanol–water partition coefficient (Wildman–Crippen LogP) is 3.14. The van der Waals surface area contributed by atoms with Crippen LogP contribution in [0.3, 0.4) is 0 Å². The zero-order chi connectivity index (χ0) is 21.2. The van der Waals surface area contributed by atoms with E-state index in [0.29, 0.717) is 22.3 Å². The molecule has 0 spiro atoms. The van der Waals surface area contributed by atoms with Crippen molar-refractivity contribution in [3.63, 3.8) is 0 Å². The van der Waals surface area contributed by atoms with E-state index in [9.17, 15) is 14.4 Å². The Morgan fingerprint density at radius 1 is 1.10 bits per heavy atom. The first-order valence-corrected chi connectivity index (χ1v) is 8.94. The number of rotatable bonds is 4. The van der Waals surface area contributed by atoms with Crippen molar-refractivity contribution in [2.24, 2.45) is 0 Å². The smallest absolute Gasteiger partial charge is 0.408 e. The van der Waals surface area contributed by atoms with E-state index in [1.54, 1.807) is 63.2 Å². The van der Waals surface area contributed by atoms with Crippen LogP contribution < -0.4 is 16.7 Å². The predicted molar refractivity (Wildman–Crippen MR) is 109 cm³/mol. The zero-order valence-corrected chi connectivity index (χ0v) is 16.3. The van der Waals surface area contributed by atoms with Gasteiger partial charge in [-0.25, -0.2) is 14.6 Å². The molecule has 0 saturated heterocycles. The molecule has 1 aromatic heterocycles. The molecule has 0 atom stereocenters. The van der Waals surface area contributed by atoms with Gasteiger partial charge in [-0.15, -0.1) is 0 Å². The van der Waals surface area contributed by atoms with Gasteiger partial charge in [-0.3, -0.25) is 4.79 Å². The fourth-order valence-electron chi connectivity index (χ4n) is 2.75. The van der Waals surface area contributed by atoms with Crippen molar-refractivity contribution < 1.29 is 18.7 Å². The maximum atomic E-state index is 12.6. The average Bonchev–Trinajstić information content (AvgIpc) is 2.64. The zero-order valence-electron chi connectivity index (χ0n) is 16.3. The molecule has 3 aromatic rings.